The lowest BCUT2D eigenvalue weighted by atomic mass is 10.00. The number of methoxy groups -OCH3 is 1. The number of amidine groups is 1. The fourth-order valence-corrected chi connectivity index (χ4v) is 2.08. The normalized spacial score (nSPS) is 24.2. The third kappa shape index (κ3) is 2.35. The van der Waals surface area contributed by atoms with Gasteiger partial charge in [-0.1, -0.05) is 19.1 Å². The lowest BCUT2D eigenvalue weighted by molar-refractivity contribution is 0.414. The maximum atomic E-state index is 5.80. The first-order valence-corrected chi connectivity index (χ1v) is 5.65. The average Bonchev–Trinajstić information content (AvgIpc) is 2.59. The molecule has 2 N–H and O–H groups in total. The van der Waals surface area contributed by atoms with Crippen LogP contribution in [0.2, 0.25) is 0 Å². The van der Waals surface area contributed by atoms with Crippen molar-refractivity contribution < 1.29 is 4.74 Å². The molecule has 0 amide bonds. The number of ether oxygens (including phenoxy) is 1. The molecule has 0 saturated heterocycles. The van der Waals surface area contributed by atoms with Gasteiger partial charge < -0.3 is 10.5 Å². The number of nitrogens with two attached hydrogens (primary N) is 1. The summed E-state index contributed by atoms with van der Waals surface area (Å²) in [5, 5.41) is 0. The highest BCUT2D eigenvalue weighted by molar-refractivity contribution is 5.84. The van der Waals surface area contributed by atoms with Crippen LogP contribution in [-0.2, 0) is 6.42 Å². The standard InChI is InChI=1S/C13H18N2O/c1-9-7-11(15-13(9)14)8-10-3-5-12(16-2)6-4-10/h3-6,9,11H,7-8H2,1-2H3,(H2,14,15)/t9-,11+/m1/s1. The zero-order valence-electron chi connectivity index (χ0n) is 9.81. The van der Waals surface area contributed by atoms with E-state index >= 15 is 0 Å². The molecule has 0 aromatic heterocycles. The van der Waals surface area contributed by atoms with Crippen LogP contribution >= 0.6 is 0 Å². The van der Waals surface area contributed by atoms with Crippen LogP contribution in [0.15, 0.2) is 29.3 Å². The van der Waals surface area contributed by atoms with Crippen molar-refractivity contribution in [3.8, 4) is 5.75 Å². The van der Waals surface area contributed by atoms with Gasteiger partial charge in [-0.15, -0.1) is 0 Å². The fourth-order valence-electron chi connectivity index (χ4n) is 2.08. The van der Waals surface area contributed by atoms with E-state index in [-0.39, 0.29) is 0 Å². The van der Waals surface area contributed by atoms with Gasteiger partial charge in [-0.25, -0.2) is 0 Å². The van der Waals surface area contributed by atoms with E-state index in [9.17, 15) is 0 Å². The Morgan fingerprint density at radius 1 is 1.38 bits per heavy atom. The van der Waals surface area contributed by atoms with Crippen molar-refractivity contribution in [1.29, 1.82) is 0 Å². The molecule has 0 unspecified atom stereocenters. The predicted molar refractivity (Wildman–Crippen MR) is 65.9 cm³/mol. The van der Waals surface area contributed by atoms with E-state index in [1.165, 1.54) is 5.56 Å². The van der Waals surface area contributed by atoms with Gasteiger partial charge in [-0.05, 0) is 30.5 Å². The molecule has 2 rings (SSSR count). The smallest absolute Gasteiger partial charge is 0.118 e. The summed E-state index contributed by atoms with van der Waals surface area (Å²) < 4.78 is 5.13. The molecule has 16 heavy (non-hydrogen) atoms. The van der Waals surface area contributed by atoms with Crippen LogP contribution in [0.3, 0.4) is 0 Å². The lowest BCUT2D eigenvalue weighted by Crippen LogP contribution is -2.15. The summed E-state index contributed by atoms with van der Waals surface area (Å²) >= 11 is 0. The summed E-state index contributed by atoms with van der Waals surface area (Å²) in [6.07, 6.45) is 2.03. The highest BCUT2D eigenvalue weighted by Crippen LogP contribution is 2.22. The molecule has 3 heteroatoms. The van der Waals surface area contributed by atoms with E-state index in [1.54, 1.807) is 7.11 Å². The maximum absolute atomic E-state index is 5.80. The highest BCUT2D eigenvalue weighted by Gasteiger charge is 2.22. The van der Waals surface area contributed by atoms with E-state index in [0.717, 1.165) is 24.4 Å². The number of aliphatic imine (C=N–C) groups is 1. The second-order valence-electron chi connectivity index (χ2n) is 4.40. The lowest BCUT2D eigenvalue weighted by Gasteiger charge is -2.08. The Bertz CT molecular complexity index is 383. The van der Waals surface area contributed by atoms with E-state index in [2.05, 4.69) is 24.0 Å². The molecule has 0 spiro atoms. The molecule has 3 nitrogen and oxygen atoms in total. The Kier molecular flexibility index (Phi) is 3.13. The van der Waals surface area contributed by atoms with Gasteiger partial charge in [0.2, 0.25) is 0 Å². The number of nitrogens with zero attached hydrogens (tertiary/aromatic N) is 1. The van der Waals surface area contributed by atoms with Gasteiger partial charge in [0.1, 0.15) is 5.75 Å². The van der Waals surface area contributed by atoms with Crippen molar-refractivity contribution in [2.75, 3.05) is 7.11 Å². The van der Waals surface area contributed by atoms with Gasteiger partial charge in [-0.2, -0.15) is 0 Å². The van der Waals surface area contributed by atoms with Gasteiger partial charge >= 0.3 is 0 Å². The predicted octanol–water partition coefficient (Wildman–Crippen LogP) is 2.00. The van der Waals surface area contributed by atoms with Crippen molar-refractivity contribution in [2.45, 2.75) is 25.8 Å². The summed E-state index contributed by atoms with van der Waals surface area (Å²) in [7, 11) is 1.68. The molecule has 0 fully saturated rings. The number of hydrogen-bond acceptors (Lipinski definition) is 3. The molecule has 1 aromatic carbocycles. The minimum atomic E-state index is 0.350. The topological polar surface area (TPSA) is 47.6 Å². The molecular weight excluding hydrogens is 200 g/mol. The van der Waals surface area contributed by atoms with Gasteiger partial charge in [0.05, 0.1) is 19.0 Å². The Hall–Kier alpha value is -1.51. The quantitative estimate of drug-likeness (QED) is 0.843. The first-order valence-electron chi connectivity index (χ1n) is 5.65. The molecule has 0 radical (unpaired) electrons. The molecule has 2 atom stereocenters. The second-order valence-corrected chi connectivity index (χ2v) is 4.40. The van der Waals surface area contributed by atoms with Crippen molar-refractivity contribution in [2.24, 2.45) is 16.6 Å². The molecule has 1 heterocycles. The largest absolute Gasteiger partial charge is 0.497 e. The first kappa shape index (κ1) is 11.0. The number of rotatable bonds is 3. The van der Waals surface area contributed by atoms with Gasteiger partial charge in [0.25, 0.3) is 0 Å². The van der Waals surface area contributed by atoms with Crippen LogP contribution in [0, 0.1) is 5.92 Å². The van der Waals surface area contributed by atoms with E-state index < -0.39 is 0 Å². The van der Waals surface area contributed by atoms with E-state index in [4.69, 9.17) is 10.5 Å². The SMILES string of the molecule is COc1ccc(C[C@@H]2C[C@@H](C)C(N)=N2)cc1. The van der Waals surface area contributed by atoms with Crippen LogP contribution < -0.4 is 10.5 Å². The molecule has 1 aliphatic rings. The van der Waals surface area contributed by atoms with Crippen molar-refractivity contribution >= 4 is 5.84 Å². The van der Waals surface area contributed by atoms with Gasteiger partial charge in [-0.3, -0.25) is 4.99 Å². The molecule has 0 saturated carbocycles. The molecule has 1 aliphatic heterocycles. The third-order valence-electron chi connectivity index (χ3n) is 3.09. The van der Waals surface area contributed by atoms with E-state index in [0.29, 0.717) is 12.0 Å². The summed E-state index contributed by atoms with van der Waals surface area (Å²) in [5.74, 6) is 2.13. The second kappa shape index (κ2) is 4.56. The average molecular weight is 218 g/mol. The summed E-state index contributed by atoms with van der Waals surface area (Å²) in [4.78, 5) is 4.47. The van der Waals surface area contributed by atoms with Crippen molar-refractivity contribution in [3.63, 3.8) is 0 Å². The first-order chi connectivity index (χ1) is 7.69. The maximum Gasteiger partial charge on any atom is 0.118 e. The Balaban J connectivity index is 1.99. The minimum absolute atomic E-state index is 0.350. The summed E-state index contributed by atoms with van der Waals surface area (Å²) in [5.41, 5.74) is 7.09. The monoisotopic (exact) mass is 218 g/mol. The molecule has 86 valence electrons. The van der Waals surface area contributed by atoms with Crippen LogP contribution in [0.1, 0.15) is 18.9 Å². The zero-order valence-corrected chi connectivity index (χ0v) is 9.81. The zero-order chi connectivity index (χ0) is 11.5. The summed E-state index contributed by atoms with van der Waals surface area (Å²) in [6, 6.07) is 8.51. The van der Waals surface area contributed by atoms with Crippen LogP contribution in [0.25, 0.3) is 0 Å². The Morgan fingerprint density at radius 2 is 2.06 bits per heavy atom. The molecular formula is C13H18N2O. The minimum Gasteiger partial charge on any atom is -0.497 e. The van der Waals surface area contributed by atoms with Crippen molar-refractivity contribution in [3.05, 3.63) is 29.8 Å². The summed E-state index contributed by atoms with van der Waals surface area (Å²) in [6.45, 7) is 2.13. The highest BCUT2D eigenvalue weighted by atomic mass is 16.5. The van der Waals surface area contributed by atoms with Crippen LogP contribution in [-0.4, -0.2) is 19.0 Å². The van der Waals surface area contributed by atoms with Gasteiger partial charge in [0.15, 0.2) is 0 Å². The van der Waals surface area contributed by atoms with Crippen LogP contribution in [0.5, 0.6) is 5.75 Å². The molecule has 0 aliphatic carbocycles. The Morgan fingerprint density at radius 3 is 2.56 bits per heavy atom. The Labute approximate surface area is 96.3 Å². The van der Waals surface area contributed by atoms with Crippen molar-refractivity contribution in [1.82, 2.24) is 0 Å². The number of hydrogen-bond donors (Lipinski definition) is 1. The van der Waals surface area contributed by atoms with Gasteiger partial charge in [0, 0.05) is 5.92 Å². The molecule has 0 bridgehead atoms. The fraction of sp³-hybridized carbons (Fsp3) is 0.462. The van der Waals surface area contributed by atoms with E-state index in [1.807, 2.05) is 12.1 Å². The van der Waals surface area contributed by atoms with Crippen LogP contribution in [0.4, 0.5) is 0 Å². The molecule has 1 aromatic rings. The number of benzene rings is 1. The third-order valence-corrected chi connectivity index (χ3v) is 3.09.